The van der Waals surface area contributed by atoms with E-state index in [0.717, 1.165) is 0 Å². The zero-order chi connectivity index (χ0) is 10.8. The van der Waals surface area contributed by atoms with E-state index in [0.29, 0.717) is 12.3 Å². The molecule has 0 amide bonds. The third-order valence-corrected chi connectivity index (χ3v) is 2.34. The average molecular weight is 196 g/mol. The van der Waals surface area contributed by atoms with Crippen molar-refractivity contribution in [1.82, 2.24) is 9.55 Å². The van der Waals surface area contributed by atoms with Gasteiger partial charge in [0, 0.05) is 12.4 Å². The van der Waals surface area contributed by atoms with E-state index < -0.39 is 11.5 Å². The monoisotopic (exact) mass is 196 g/mol. The van der Waals surface area contributed by atoms with E-state index in [2.05, 4.69) is 4.98 Å². The number of nitrogens with zero attached hydrogens (tertiary/aromatic N) is 2. The summed E-state index contributed by atoms with van der Waals surface area (Å²) in [5.74, 6) is -0.484. The lowest BCUT2D eigenvalue weighted by Gasteiger charge is -2.28. The van der Waals surface area contributed by atoms with Crippen molar-refractivity contribution in [2.75, 3.05) is 0 Å². The smallest absolute Gasteiger partial charge is 0.329 e. The van der Waals surface area contributed by atoms with Gasteiger partial charge in [-0.25, -0.2) is 9.78 Å². The van der Waals surface area contributed by atoms with Crippen molar-refractivity contribution < 1.29 is 9.90 Å². The minimum atomic E-state index is -0.884. The van der Waals surface area contributed by atoms with Crippen molar-refractivity contribution in [2.45, 2.75) is 32.7 Å². The normalized spacial score (nSPS) is 15.4. The summed E-state index contributed by atoms with van der Waals surface area (Å²) in [5.41, 5.74) is -0.884. The second-order valence-electron chi connectivity index (χ2n) is 4.15. The van der Waals surface area contributed by atoms with Crippen LogP contribution in [0.25, 0.3) is 0 Å². The second-order valence-corrected chi connectivity index (χ2v) is 4.15. The van der Waals surface area contributed by atoms with Gasteiger partial charge in [0.15, 0.2) is 0 Å². The molecule has 0 saturated heterocycles. The molecule has 0 fully saturated rings. The lowest BCUT2D eigenvalue weighted by molar-refractivity contribution is -0.147. The quantitative estimate of drug-likeness (QED) is 0.797. The average Bonchev–Trinajstić information content (AvgIpc) is 2.53. The Labute approximate surface area is 83.6 Å². The van der Waals surface area contributed by atoms with Crippen LogP contribution >= 0.6 is 0 Å². The predicted octanol–water partition coefficient (Wildman–Crippen LogP) is 1.73. The Bertz CT molecular complexity index is 306. The zero-order valence-corrected chi connectivity index (χ0v) is 8.77. The molecular weight excluding hydrogens is 180 g/mol. The standard InChI is InChI=1S/C10H16N2O2/c1-8(2)6-10(3,9(13)14)12-5-4-11-7-12/h4-5,7-8H,6H2,1-3H3,(H,13,14). The summed E-state index contributed by atoms with van der Waals surface area (Å²) in [6.45, 7) is 5.74. The highest BCUT2D eigenvalue weighted by Gasteiger charge is 2.35. The number of hydrogen-bond acceptors (Lipinski definition) is 2. The molecule has 14 heavy (non-hydrogen) atoms. The molecule has 1 atom stereocenters. The van der Waals surface area contributed by atoms with Crippen molar-refractivity contribution in [1.29, 1.82) is 0 Å². The number of carbonyl (C=O) groups is 1. The fourth-order valence-corrected chi connectivity index (χ4v) is 1.65. The molecule has 0 aliphatic carbocycles. The first-order valence-corrected chi connectivity index (χ1v) is 4.68. The van der Waals surface area contributed by atoms with Gasteiger partial charge in [-0.3, -0.25) is 0 Å². The van der Waals surface area contributed by atoms with Crippen LogP contribution in [0.1, 0.15) is 27.2 Å². The molecule has 1 aromatic rings. The summed E-state index contributed by atoms with van der Waals surface area (Å²) in [6, 6.07) is 0. The van der Waals surface area contributed by atoms with Gasteiger partial charge in [0.2, 0.25) is 0 Å². The lowest BCUT2D eigenvalue weighted by Crippen LogP contribution is -2.39. The number of hydrogen-bond donors (Lipinski definition) is 1. The SMILES string of the molecule is CC(C)CC(C)(C(=O)O)n1ccnc1. The first-order valence-electron chi connectivity index (χ1n) is 4.68. The Hall–Kier alpha value is -1.32. The molecule has 4 nitrogen and oxygen atoms in total. The Morgan fingerprint density at radius 1 is 1.64 bits per heavy atom. The van der Waals surface area contributed by atoms with Gasteiger partial charge in [-0.15, -0.1) is 0 Å². The van der Waals surface area contributed by atoms with Crippen molar-refractivity contribution in [2.24, 2.45) is 5.92 Å². The molecule has 1 rings (SSSR count). The predicted molar refractivity (Wildman–Crippen MR) is 53.0 cm³/mol. The van der Waals surface area contributed by atoms with Crippen LogP contribution in [0.15, 0.2) is 18.7 Å². The van der Waals surface area contributed by atoms with Crippen LogP contribution in [-0.2, 0) is 10.3 Å². The van der Waals surface area contributed by atoms with Crippen LogP contribution in [0.2, 0.25) is 0 Å². The van der Waals surface area contributed by atoms with Gasteiger partial charge in [-0.05, 0) is 19.3 Å². The maximum absolute atomic E-state index is 11.2. The lowest BCUT2D eigenvalue weighted by atomic mass is 9.90. The Balaban J connectivity index is 2.99. The molecule has 78 valence electrons. The molecule has 0 radical (unpaired) electrons. The molecule has 0 spiro atoms. The summed E-state index contributed by atoms with van der Waals surface area (Å²) in [5, 5.41) is 9.20. The molecule has 0 bridgehead atoms. The summed E-state index contributed by atoms with van der Waals surface area (Å²) < 4.78 is 1.65. The third-order valence-electron chi connectivity index (χ3n) is 2.34. The molecule has 0 aliphatic heterocycles. The molecule has 1 N–H and O–H groups in total. The van der Waals surface area contributed by atoms with E-state index in [1.807, 2.05) is 13.8 Å². The zero-order valence-electron chi connectivity index (χ0n) is 8.77. The molecule has 0 saturated carbocycles. The molecule has 1 heterocycles. The summed E-state index contributed by atoms with van der Waals surface area (Å²) in [7, 11) is 0. The van der Waals surface area contributed by atoms with E-state index in [9.17, 15) is 9.90 Å². The molecule has 0 aromatic carbocycles. The van der Waals surface area contributed by atoms with Crippen LogP contribution in [-0.4, -0.2) is 20.6 Å². The summed E-state index contributed by atoms with van der Waals surface area (Å²) >= 11 is 0. The van der Waals surface area contributed by atoms with E-state index >= 15 is 0 Å². The molecular formula is C10H16N2O2. The van der Waals surface area contributed by atoms with Crippen molar-refractivity contribution >= 4 is 5.97 Å². The highest BCUT2D eigenvalue weighted by molar-refractivity contribution is 5.76. The van der Waals surface area contributed by atoms with Crippen molar-refractivity contribution in [3.63, 3.8) is 0 Å². The Morgan fingerprint density at radius 2 is 2.29 bits per heavy atom. The number of aliphatic carboxylic acids is 1. The first kappa shape index (κ1) is 10.8. The van der Waals surface area contributed by atoms with Gasteiger partial charge < -0.3 is 9.67 Å². The minimum absolute atomic E-state index is 0.332. The van der Waals surface area contributed by atoms with Gasteiger partial charge in [0.25, 0.3) is 0 Å². The highest BCUT2D eigenvalue weighted by atomic mass is 16.4. The number of imidazole rings is 1. The Morgan fingerprint density at radius 3 is 2.64 bits per heavy atom. The topological polar surface area (TPSA) is 55.1 Å². The summed E-state index contributed by atoms with van der Waals surface area (Å²) in [4.78, 5) is 15.1. The van der Waals surface area contributed by atoms with Crippen LogP contribution in [0, 0.1) is 5.92 Å². The van der Waals surface area contributed by atoms with Gasteiger partial charge in [-0.2, -0.15) is 0 Å². The number of aromatic nitrogens is 2. The van der Waals surface area contributed by atoms with Gasteiger partial charge in [0.05, 0.1) is 6.33 Å². The Kier molecular flexibility index (Phi) is 2.93. The fourth-order valence-electron chi connectivity index (χ4n) is 1.65. The van der Waals surface area contributed by atoms with Gasteiger partial charge in [0.1, 0.15) is 5.54 Å². The third kappa shape index (κ3) is 1.95. The fraction of sp³-hybridized carbons (Fsp3) is 0.600. The largest absolute Gasteiger partial charge is 0.479 e. The van der Waals surface area contributed by atoms with E-state index in [4.69, 9.17) is 0 Å². The number of carboxylic acids is 1. The van der Waals surface area contributed by atoms with Crippen molar-refractivity contribution in [3.05, 3.63) is 18.7 Å². The van der Waals surface area contributed by atoms with E-state index in [1.165, 1.54) is 0 Å². The van der Waals surface area contributed by atoms with Crippen LogP contribution in [0.4, 0.5) is 0 Å². The van der Waals surface area contributed by atoms with Crippen LogP contribution in [0.5, 0.6) is 0 Å². The van der Waals surface area contributed by atoms with E-state index in [1.54, 1.807) is 30.2 Å². The second kappa shape index (κ2) is 3.82. The molecule has 4 heteroatoms. The number of rotatable bonds is 4. The van der Waals surface area contributed by atoms with Crippen molar-refractivity contribution in [3.8, 4) is 0 Å². The summed E-state index contributed by atoms with van der Waals surface area (Å²) in [6.07, 6.45) is 5.44. The van der Waals surface area contributed by atoms with Gasteiger partial charge >= 0.3 is 5.97 Å². The number of carboxylic acid groups (broad SMARTS) is 1. The maximum Gasteiger partial charge on any atom is 0.329 e. The first-order chi connectivity index (χ1) is 6.47. The van der Waals surface area contributed by atoms with Crippen LogP contribution < -0.4 is 0 Å². The molecule has 1 aromatic heterocycles. The van der Waals surface area contributed by atoms with Crippen LogP contribution in [0.3, 0.4) is 0 Å². The minimum Gasteiger partial charge on any atom is -0.479 e. The highest BCUT2D eigenvalue weighted by Crippen LogP contribution is 2.25. The van der Waals surface area contributed by atoms with Gasteiger partial charge in [-0.1, -0.05) is 13.8 Å². The molecule has 0 aliphatic rings. The van der Waals surface area contributed by atoms with E-state index in [-0.39, 0.29) is 0 Å². The molecule has 1 unspecified atom stereocenters. The maximum atomic E-state index is 11.2.